The molecule has 0 saturated heterocycles. The van der Waals surface area contributed by atoms with E-state index >= 15 is 0 Å². The van der Waals surface area contributed by atoms with Crippen LogP contribution < -0.4 is 0 Å². The van der Waals surface area contributed by atoms with Gasteiger partial charge in [0.2, 0.25) is 0 Å². The highest BCUT2D eigenvalue weighted by atomic mass is 16.3. The summed E-state index contributed by atoms with van der Waals surface area (Å²) in [5.41, 5.74) is 5.79. The van der Waals surface area contributed by atoms with Crippen LogP contribution in [0.4, 0.5) is 0 Å². The molecule has 6 rings (SSSR count). The van der Waals surface area contributed by atoms with Crippen LogP contribution in [0.2, 0.25) is 0 Å². The van der Waals surface area contributed by atoms with Crippen molar-refractivity contribution in [3.05, 3.63) is 64.2 Å². The van der Waals surface area contributed by atoms with Gasteiger partial charge in [-0.05, 0) is 65.6 Å². The van der Waals surface area contributed by atoms with Gasteiger partial charge in [-0.15, -0.1) is 0 Å². The van der Waals surface area contributed by atoms with Gasteiger partial charge in [0, 0.05) is 6.21 Å². The highest BCUT2D eigenvalue weighted by molar-refractivity contribution is 5.82. The molecule has 0 heterocycles. The van der Waals surface area contributed by atoms with E-state index in [-0.39, 0.29) is 6.61 Å². The first kappa shape index (κ1) is 14.8. The largest absolute Gasteiger partial charge is 0.508 e. The molecule has 0 amide bonds. The molecule has 114 valence electrons. The Hall–Kier alpha value is -2.13. The Balaban J connectivity index is 1.94. The summed E-state index contributed by atoms with van der Waals surface area (Å²) in [4.78, 5) is 4.27. The number of aliphatic hydroxyl groups excluding tert-OH is 1. The Kier molecular flexibility index (Phi) is 4.54. The van der Waals surface area contributed by atoms with Crippen molar-refractivity contribution in [2.75, 3.05) is 13.2 Å². The maximum atomic E-state index is 10.1. The number of phenolic OH excluding ortho intramolecular Hbond substituents is 1. The maximum Gasteiger partial charge on any atom is 0.119 e. The maximum absolute atomic E-state index is 10.1. The predicted octanol–water partition coefficient (Wildman–Crippen LogP) is 2.69. The Bertz CT molecular complexity index is 692. The second-order valence-electron chi connectivity index (χ2n) is 5.76. The summed E-state index contributed by atoms with van der Waals surface area (Å²) in [5.74, 6) is 0.406. The van der Waals surface area contributed by atoms with E-state index in [4.69, 9.17) is 5.11 Å². The third-order valence-electron chi connectivity index (χ3n) is 4.19. The second-order valence-corrected chi connectivity index (χ2v) is 5.76. The number of hydrogen-bond donors (Lipinski definition) is 2. The van der Waals surface area contributed by atoms with E-state index in [9.17, 15) is 5.11 Å². The molecule has 4 aliphatic carbocycles. The number of benzene rings is 2. The average molecular weight is 295 g/mol. The topological polar surface area (TPSA) is 52.8 Å². The van der Waals surface area contributed by atoms with Crippen LogP contribution in [0.1, 0.15) is 27.8 Å². The normalized spacial score (nSPS) is 14.2. The van der Waals surface area contributed by atoms with Gasteiger partial charge in [-0.1, -0.05) is 24.3 Å². The van der Waals surface area contributed by atoms with Crippen LogP contribution in [-0.2, 0) is 25.7 Å². The van der Waals surface area contributed by atoms with Gasteiger partial charge in [0.25, 0.3) is 0 Å². The van der Waals surface area contributed by atoms with E-state index in [1.807, 2.05) is 18.3 Å². The Morgan fingerprint density at radius 3 is 2.32 bits per heavy atom. The van der Waals surface area contributed by atoms with Crippen LogP contribution in [0.25, 0.3) is 0 Å². The number of rotatable bonds is 3. The van der Waals surface area contributed by atoms with E-state index in [1.165, 1.54) is 16.7 Å². The van der Waals surface area contributed by atoms with Crippen LogP contribution in [-0.4, -0.2) is 29.6 Å². The van der Waals surface area contributed by atoms with Crippen LogP contribution in [0.3, 0.4) is 0 Å². The highest BCUT2D eigenvalue weighted by Crippen LogP contribution is 2.24. The lowest BCUT2D eigenvalue weighted by molar-refractivity contribution is 0.307. The lowest BCUT2D eigenvalue weighted by Crippen LogP contribution is -2.02. The Morgan fingerprint density at radius 1 is 0.909 bits per heavy atom. The third kappa shape index (κ3) is 3.37. The van der Waals surface area contributed by atoms with Crippen molar-refractivity contribution >= 4 is 6.21 Å². The van der Waals surface area contributed by atoms with Crippen molar-refractivity contribution < 1.29 is 10.2 Å². The number of nitrogens with zero attached hydrogens (tertiary/aromatic N) is 1. The summed E-state index contributed by atoms with van der Waals surface area (Å²) in [7, 11) is 0. The summed E-state index contributed by atoms with van der Waals surface area (Å²) >= 11 is 0. The van der Waals surface area contributed by atoms with Crippen molar-refractivity contribution in [3.8, 4) is 5.75 Å². The molecule has 0 saturated carbocycles. The number of aromatic hydroxyl groups is 1. The van der Waals surface area contributed by atoms with Crippen molar-refractivity contribution in [1.82, 2.24) is 0 Å². The summed E-state index contributed by atoms with van der Waals surface area (Å²) in [6.07, 6.45) is 5.41. The Labute approximate surface area is 131 Å². The SMILES string of the molecule is OCCN=Cc1cc2ccc1CCc1ccc(cc1O)CC2. The molecule has 0 aromatic heterocycles. The van der Waals surface area contributed by atoms with Gasteiger partial charge in [-0.3, -0.25) is 4.99 Å². The van der Waals surface area contributed by atoms with Gasteiger partial charge in [-0.2, -0.15) is 0 Å². The predicted molar refractivity (Wildman–Crippen MR) is 88.9 cm³/mol. The molecule has 2 aromatic carbocycles. The van der Waals surface area contributed by atoms with E-state index in [0.29, 0.717) is 12.3 Å². The fourth-order valence-electron chi connectivity index (χ4n) is 2.90. The summed E-state index contributed by atoms with van der Waals surface area (Å²) in [5, 5.41) is 19.0. The van der Waals surface area contributed by atoms with Gasteiger partial charge >= 0.3 is 0 Å². The van der Waals surface area contributed by atoms with Gasteiger partial charge in [0.15, 0.2) is 0 Å². The first-order valence-corrected chi connectivity index (χ1v) is 7.79. The first-order chi connectivity index (χ1) is 10.8. The molecular formula is C19H21NO2. The van der Waals surface area contributed by atoms with Gasteiger partial charge in [0.05, 0.1) is 13.2 Å². The molecule has 0 unspecified atom stereocenters. The molecule has 2 N–H and O–H groups in total. The van der Waals surface area contributed by atoms with Crippen LogP contribution in [0.15, 0.2) is 41.4 Å². The lowest BCUT2D eigenvalue weighted by atomic mass is 9.93. The summed E-state index contributed by atoms with van der Waals surface area (Å²) in [6.45, 7) is 0.510. The van der Waals surface area contributed by atoms with Gasteiger partial charge in [0.1, 0.15) is 5.75 Å². The van der Waals surface area contributed by atoms with Crippen molar-refractivity contribution in [2.45, 2.75) is 25.7 Å². The van der Waals surface area contributed by atoms with E-state index in [1.54, 1.807) is 0 Å². The summed E-state index contributed by atoms with van der Waals surface area (Å²) in [6, 6.07) is 12.6. The number of phenols is 1. The molecule has 0 atom stereocenters. The minimum atomic E-state index is 0.0746. The van der Waals surface area contributed by atoms with E-state index < -0.39 is 0 Å². The molecule has 0 spiro atoms. The second kappa shape index (κ2) is 6.75. The number of aryl methyl sites for hydroxylation is 4. The van der Waals surface area contributed by atoms with Crippen LogP contribution in [0, 0.1) is 0 Å². The molecule has 4 bridgehead atoms. The zero-order chi connectivity index (χ0) is 15.4. The summed E-state index contributed by atoms with van der Waals surface area (Å²) < 4.78 is 0. The van der Waals surface area contributed by atoms with E-state index in [0.717, 1.165) is 36.8 Å². The third-order valence-corrected chi connectivity index (χ3v) is 4.19. The number of aliphatic imine (C=N–C) groups is 1. The smallest absolute Gasteiger partial charge is 0.119 e. The average Bonchev–Trinajstić information content (AvgIpc) is 2.51. The Morgan fingerprint density at radius 2 is 1.59 bits per heavy atom. The molecule has 0 radical (unpaired) electrons. The molecular weight excluding hydrogens is 274 g/mol. The van der Waals surface area contributed by atoms with Crippen LogP contribution >= 0.6 is 0 Å². The van der Waals surface area contributed by atoms with Crippen molar-refractivity contribution in [2.24, 2.45) is 4.99 Å². The zero-order valence-electron chi connectivity index (χ0n) is 12.6. The molecule has 4 aliphatic rings. The quantitative estimate of drug-likeness (QED) is 0.855. The number of aliphatic hydroxyl groups is 1. The molecule has 22 heavy (non-hydrogen) atoms. The molecule has 3 heteroatoms. The molecule has 3 nitrogen and oxygen atoms in total. The minimum absolute atomic E-state index is 0.0746. The fraction of sp³-hybridized carbons (Fsp3) is 0.316. The van der Waals surface area contributed by atoms with Crippen molar-refractivity contribution in [1.29, 1.82) is 0 Å². The standard InChI is InChI=1S/C19H21NO2/c21-10-9-20-13-18-11-14-1-2-15-4-6-17(19(22)12-15)8-7-16(18)5-3-14/h3-6,11-13,21-22H,1-2,7-10H2. The monoisotopic (exact) mass is 295 g/mol. The number of hydrogen-bond acceptors (Lipinski definition) is 3. The van der Waals surface area contributed by atoms with Crippen molar-refractivity contribution in [3.63, 3.8) is 0 Å². The highest BCUT2D eigenvalue weighted by Gasteiger charge is 2.09. The lowest BCUT2D eigenvalue weighted by Gasteiger charge is -2.13. The zero-order valence-corrected chi connectivity index (χ0v) is 12.6. The van der Waals surface area contributed by atoms with Gasteiger partial charge < -0.3 is 10.2 Å². The fourth-order valence-corrected chi connectivity index (χ4v) is 2.90. The van der Waals surface area contributed by atoms with Gasteiger partial charge in [-0.25, -0.2) is 0 Å². The van der Waals surface area contributed by atoms with Crippen LogP contribution in [0.5, 0.6) is 5.75 Å². The molecule has 0 fully saturated rings. The minimum Gasteiger partial charge on any atom is -0.508 e. The molecule has 2 aromatic rings. The first-order valence-electron chi connectivity index (χ1n) is 7.79. The molecule has 0 aliphatic heterocycles. The van der Waals surface area contributed by atoms with E-state index in [2.05, 4.69) is 29.3 Å².